The second kappa shape index (κ2) is 8.73. The molecule has 132 valence electrons. The Labute approximate surface area is 147 Å². The number of carbonyl (C=O) groups excluding carboxylic acids is 1. The van der Waals surface area contributed by atoms with Crippen LogP contribution in [0.2, 0.25) is 0 Å². The minimum atomic E-state index is -0.436. The quantitative estimate of drug-likeness (QED) is 0.449. The molecule has 0 radical (unpaired) electrons. The van der Waals surface area contributed by atoms with Crippen molar-refractivity contribution < 1.29 is 19.0 Å². The summed E-state index contributed by atoms with van der Waals surface area (Å²) in [4.78, 5) is 16.7. The van der Waals surface area contributed by atoms with E-state index < -0.39 is 5.97 Å². The SMILES string of the molecule is C=C/C=C(/CNc1c(C(=O)OCC)cnc2ccc(OC)cc12)OC. The van der Waals surface area contributed by atoms with Crippen LogP contribution in [0.3, 0.4) is 0 Å². The van der Waals surface area contributed by atoms with Crippen molar-refractivity contribution in [2.45, 2.75) is 6.92 Å². The molecule has 25 heavy (non-hydrogen) atoms. The molecule has 1 heterocycles. The molecule has 0 fully saturated rings. The first kappa shape index (κ1) is 18.3. The maximum absolute atomic E-state index is 12.3. The fourth-order valence-electron chi connectivity index (χ4n) is 2.36. The number of allylic oxidation sites excluding steroid dienone is 2. The molecule has 0 bridgehead atoms. The van der Waals surface area contributed by atoms with Crippen LogP contribution < -0.4 is 10.1 Å². The summed E-state index contributed by atoms with van der Waals surface area (Å²) in [7, 11) is 3.17. The number of esters is 1. The Balaban J connectivity index is 2.53. The standard InChI is InChI=1S/C19H22N2O4/c1-5-7-14(24-4)11-21-18-15-10-13(23-3)8-9-17(15)20-12-16(18)19(22)25-6-2/h5,7-10,12H,1,6,11H2,2-4H3,(H,20,21)/b14-7-. The molecule has 1 aromatic heterocycles. The third-order valence-electron chi connectivity index (χ3n) is 3.58. The van der Waals surface area contributed by atoms with E-state index in [2.05, 4.69) is 16.9 Å². The van der Waals surface area contributed by atoms with Gasteiger partial charge in [-0.15, -0.1) is 0 Å². The lowest BCUT2D eigenvalue weighted by molar-refractivity contribution is 0.0527. The van der Waals surface area contributed by atoms with E-state index in [0.717, 1.165) is 10.9 Å². The van der Waals surface area contributed by atoms with Gasteiger partial charge in [0.05, 0.1) is 38.6 Å². The van der Waals surface area contributed by atoms with Gasteiger partial charge in [-0.2, -0.15) is 0 Å². The van der Waals surface area contributed by atoms with Crippen molar-refractivity contribution in [3.05, 3.63) is 54.4 Å². The fraction of sp³-hybridized carbons (Fsp3) is 0.263. The second-order valence-electron chi connectivity index (χ2n) is 5.08. The normalized spacial score (nSPS) is 11.1. The molecule has 0 aliphatic heterocycles. The highest BCUT2D eigenvalue weighted by atomic mass is 16.5. The lowest BCUT2D eigenvalue weighted by atomic mass is 10.1. The summed E-state index contributed by atoms with van der Waals surface area (Å²) in [6.45, 7) is 6.09. The minimum Gasteiger partial charge on any atom is -0.499 e. The number of methoxy groups -OCH3 is 2. The van der Waals surface area contributed by atoms with Gasteiger partial charge in [0.1, 0.15) is 17.1 Å². The van der Waals surface area contributed by atoms with Gasteiger partial charge >= 0.3 is 5.97 Å². The molecule has 0 atom stereocenters. The van der Waals surface area contributed by atoms with Crippen molar-refractivity contribution in [3.8, 4) is 5.75 Å². The Morgan fingerprint density at radius 1 is 1.36 bits per heavy atom. The fourth-order valence-corrected chi connectivity index (χ4v) is 2.36. The number of rotatable bonds is 8. The number of hydrogen-bond donors (Lipinski definition) is 1. The molecular weight excluding hydrogens is 320 g/mol. The number of ether oxygens (including phenoxy) is 3. The largest absolute Gasteiger partial charge is 0.499 e. The van der Waals surface area contributed by atoms with Crippen LogP contribution in [-0.2, 0) is 9.47 Å². The van der Waals surface area contributed by atoms with Crippen molar-refractivity contribution >= 4 is 22.6 Å². The third-order valence-corrected chi connectivity index (χ3v) is 3.58. The Kier molecular flexibility index (Phi) is 6.39. The summed E-state index contributed by atoms with van der Waals surface area (Å²) in [6, 6.07) is 5.49. The van der Waals surface area contributed by atoms with Gasteiger partial charge in [0.2, 0.25) is 0 Å². The molecule has 2 aromatic rings. The topological polar surface area (TPSA) is 69.7 Å². The summed E-state index contributed by atoms with van der Waals surface area (Å²) in [5, 5.41) is 4.01. The van der Waals surface area contributed by atoms with E-state index in [-0.39, 0.29) is 6.61 Å². The number of aromatic nitrogens is 1. The highest BCUT2D eigenvalue weighted by Crippen LogP contribution is 2.30. The minimum absolute atomic E-state index is 0.286. The number of nitrogens with one attached hydrogen (secondary N) is 1. The van der Waals surface area contributed by atoms with Gasteiger partial charge in [0.15, 0.2) is 0 Å². The van der Waals surface area contributed by atoms with Crippen LogP contribution in [0.5, 0.6) is 5.75 Å². The van der Waals surface area contributed by atoms with Crippen molar-refractivity contribution in [2.24, 2.45) is 0 Å². The zero-order valence-corrected chi connectivity index (χ0v) is 14.7. The van der Waals surface area contributed by atoms with Crippen LogP contribution >= 0.6 is 0 Å². The zero-order valence-electron chi connectivity index (χ0n) is 14.7. The van der Waals surface area contributed by atoms with E-state index in [4.69, 9.17) is 14.2 Å². The van der Waals surface area contributed by atoms with Gasteiger partial charge in [-0.05, 0) is 31.2 Å². The molecule has 2 rings (SSSR count). The van der Waals surface area contributed by atoms with Crippen LogP contribution in [0.1, 0.15) is 17.3 Å². The van der Waals surface area contributed by atoms with Crippen molar-refractivity contribution in [3.63, 3.8) is 0 Å². The second-order valence-corrected chi connectivity index (χ2v) is 5.08. The van der Waals surface area contributed by atoms with Gasteiger partial charge in [-0.3, -0.25) is 4.98 Å². The van der Waals surface area contributed by atoms with Crippen LogP contribution in [0.4, 0.5) is 5.69 Å². The zero-order chi connectivity index (χ0) is 18.2. The first-order valence-corrected chi connectivity index (χ1v) is 7.87. The van der Waals surface area contributed by atoms with E-state index in [1.807, 2.05) is 18.2 Å². The molecule has 0 aliphatic rings. The smallest absolute Gasteiger partial charge is 0.341 e. The summed E-state index contributed by atoms with van der Waals surface area (Å²) in [5.41, 5.74) is 1.72. The van der Waals surface area contributed by atoms with Crippen LogP contribution in [0.15, 0.2) is 48.9 Å². The Morgan fingerprint density at radius 3 is 2.80 bits per heavy atom. The highest BCUT2D eigenvalue weighted by Gasteiger charge is 2.17. The van der Waals surface area contributed by atoms with Crippen molar-refractivity contribution in [1.82, 2.24) is 4.98 Å². The summed E-state index contributed by atoms with van der Waals surface area (Å²) >= 11 is 0. The molecule has 1 aromatic carbocycles. The molecule has 0 saturated heterocycles. The predicted molar refractivity (Wildman–Crippen MR) is 98.0 cm³/mol. The first-order valence-electron chi connectivity index (χ1n) is 7.87. The van der Waals surface area contributed by atoms with Gasteiger partial charge in [-0.1, -0.05) is 12.7 Å². The number of fused-ring (bicyclic) bond motifs is 1. The first-order chi connectivity index (χ1) is 12.1. The lowest BCUT2D eigenvalue weighted by Crippen LogP contribution is -2.13. The molecule has 0 amide bonds. The molecule has 0 saturated carbocycles. The summed E-state index contributed by atoms with van der Waals surface area (Å²) < 4.78 is 15.7. The van der Waals surface area contributed by atoms with Crippen LogP contribution in [0, 0.1) is 0 Å². The van der Waals surface area contributed by atoms with Crippen molar-refractivity contribution in [2.75, 3.05) is 32.7 Å². The van der Waals surface area contributed by atoms with Crippen molar-refractivity contribution in [1.29, 1.82) is 0 Å². The Bertz CT molecular complexity index is 799. The number of pyridine rings is 1. The number of carbonyl (C=O) groups is 1. The summed E-state index contributed by atoms with van der Waals surface area (Å²) in [5.74, 6) is 0.915. The molecule has 0 aliphatic carbocycles. The maximum atomic E-state index is 12.3. The maximum Gasteiger partial charge on any atom is 0.341 e. The molecule has 1 N–H and O–H groups in total. The lowest BCUT2D eigenvalue weighted by Gasteiger charge is -2.15. The molecule has 6 nitrogen and oxygen atoms in total. The molecular formula is C19H22N2O4. The number of hydrogen-bond acceptors (Lipinski definition) is 6. The molecule has 0 unspecified atom stereocenters. The van der Waals surface area contributed by atoms with Gasteiger partial charge in [-0.25, -0.2) is 4.79 Å². The third kappa shape index (κ3) is 4.29. The number of benzene rings is 1. The van der Waals surface area contributed by atoms with Gasteiger partial charge in [0, 0.05) is 11.6 Å². The van der Waals surface area contributed by atoms with E-state index in [1.165, 1.54) is 6.20 Å². The number of nitrogens with zero attached hydrogens (tertiary/aromatic N) is 1. The van der Waals surface area contributed by atoms with Gasteiger partial charge < -0.3 is 19.5 Å². The van der Waals surface area contributed by atoms with Crippen LogP contribution in [0.25, 0.3) is 10.9 Å². The average Bonchev–Trinajstić information content (AvgIpc) is 2.64. The number of anilines is 1. The van der Waals surface area contributed by atoms with E-state index in [1.54, 1.807) is 33.3 Å². The highest BCUT2D eigenvalue weighted by molar-refractivity contribution is 6.05. The average molecular weight is 342 g/mol. The van der Waals surface area contributed by atoms with Crippen LogP contribution in [-0.4, -0.2) is 38.3 Å². The Hall–Kier alpha value is -3.02. The Morgan fingerprint density at radius 2 is 2.16 bits per heavy atom. The van der Waals surface area contributed by atoms with Gasteiger partial charge in [0.25, 0.3) is 0 Å². The van der Waals surface area contributed by atoms with E-state index in [0.29, 0.717) is 29.3 Å². The molecule has 6 heteroatoms. The predicted octanol–water partition coefficient (Wildman–Crippen LogP) is 3.55. The monoisotopic (exact) mass is 342 g/mol. The summed E-state index contributed by atoms with van der Waals surface area (Å²) in [6.07, 6.45) is 4.90. The molecule has 0 spiro atoms. The van der Waals surface area contributed by atoms with E-state index in [9.17, 15) is 4.79 Å². The van der Waals surface area contributed by atoms with E-state index >= 15 is 0 Å².